The number of carbonyl (C=O) groups is 2. The maximum absolute atomic E-state index is 11.4. The molecular weight excluding hydrogens is 202 g/mol. The summed E-state index contributed by atoms with van der Waals surface area (Å²) < 4.78 is 0. The normalized spacial score (nSPS) is 10.1. The molecule has 2 amide bonds. The van der Waals surface area contributed by atoms with Crippen LogP contribution in [0.5, 0.6) is 0 Å². The van der Waals surface area contributed by atoms with E-state index in [4.69, 9.17) is 0 Å². The Morgan fingerprint density at radius 2 is 1.44 bits per heavy atom. The summed E-state index contributed by atoms with van der Waals surface area (Å²) in [5.41, 5.74) is 3.94. The van der Waals surface area contributed by atoms with Crippen LogP contribution >= 0.6 is 0 Å². The predicted octanol–water partition coefficient (Wildman–Crippen LogP) is 2.51. The Bertz CT molecular complexity index is 435. The van der Waals surface area contributed by atoms with E-state index in [2.05, 4.69) is 0 Å². The molecule has 1 rings (SSSR count). The first-order valence-corrected chi connectivity index (χ1v) is 5.24. The number of imide groups is 1. The van der Waals surface area contributed by atoms with E-state index in [0.29, 0.717) is 5.69 Å². The number of benzene rings is 1. The summed E-state index contributed by atoms with van der Waals surface area (Å²) in [6, 6.07) is 3.75. The standard InChI is InChI=1S/C13H17NO2/c1-8-6-7-13(10(3)9(8)2)14(11(4)15)12(5)16/h6-7H,1-5H3. The molecule has 86 valence electrons. The molecule has 0 saturated heterocycles. The van der Waals surface area contributed by atoms with Crippen molar-refractivity contribution < 1.29 is 9.59 Å². The highest BCUT2D eigenvalue weighted by atomic mass is 16.2. The Morgan fingerprint density at radius 3 is 1.88 bits per heavy atom. The van der Waals surface area contributed by atoms with Crippen molar-refractivity contribution in [1.29, 1.82) is 0 Å². The van der Waals surface area contributed by atoms with E-state index in [9.17, 15) is 9.59 Å². The summed E-state index contributed by atoms with van der Waals surface area (Å²) in [4.78, 5) is 24.1. The number of anilines is 1. The zero-order chi connectivity index (χ0) is 12.5. The highest BCUT2D eigenvalue weighted by Crippen LogP contribution is 2.25. The Morgan fingerprint density at radius 1 is 0.938 bits per heavy atom. The first-order valence-electron chi connectivity index (χ1n) is 5.24. The molecule has 16 heavy (non-hydrogen) atoms. The van der Waals surface area contributed by atoms with Crippen LogP contribution in [0.25, 0.3) is 0 Å². The van der Waals surface area contributed by atoms with E-state index in [1.807, 2.05) is 32.9 Å². The van der Waals surface area contributed by atoms with Crippen LogP contribution < -0.4 is 4.90 Å². The summed E-state index contributed by atoms with van der Waals surface area (Å²) >= 11 is 0. The van der Waals surface area contributed by atoms with Gasteiger partial charge < -0.3 is 0 Å². The molecule has 0 aromatic heterocycles. The molecule has 0 atom stereocenters. The molecular formula is C13H17NO2. The van der Waals surface area contributed by atoms with Gasteiger partial charge >= 0.3 is 0 Å². The molecule has 3 heteroatoms. The highest BCUT2D eigenvalue weighted by Gasteiger charge is 2.19. The minimum absolute atomic E-state index is 0.251. The monoisotopic (exact) mass is 219 g/mol. The van der Waals surface area contributed by atoms with Crippen LogP contribution in [0.1, 0.15) is 30.5 Å². The van der Waals surface area contributed by atoms with Gasteiger partial charge in [-0.15, -0.1) is 0 Å². The molecule has 0 unspecified atom stereocenters. The van der Waals surface area contributed by atoms with Gasteiger partial charge in [-0.1, -0.05) is 6.07 Å². The smallest absolute Gasteiger partial charge is 0.230 e. The quantitative estimate of drug-likeness (QED) is 0.727. The Kier molecular flexibility index (Phi) is 3.48. The number of aryl methyl sites for hydroxylation is 1. The van der Waals surface area contributed by atoms with Crippen molar-refractivity contribution in [1.82, 2.24) is 0 Å². The van der Waals surface area contributed by atoms with E-state index in [-0.39, 0.29) is 11.8 Å². The summed E-state index contributed by atoms with van der Waals surface area (Å²) in [6.07, 6.45) is 0. The van der Waals surface area contributed by atoms with Gasteiger partial charge in [-0.2, -0.15) is 0 Å². The molecule has 0 fully saturated rings. The number of carbonyl (C=O) groups excluding carboxylic acids is 2. The maximum atomic E-state index is 11.4. The Balaban J connectivity index is 3.37. The average Bonchev–Trinajstić information content (AvgIpc) is 2.17. The molecule has 0 aliphatic carbocycles. The molecule has 0 bridgehead atoms. The fraction of sp³-hybridized carbons (Fsp3) is 0.385. The van der Waals surface area contributed by atoms with Gasteiger partial charge in [0.1, 0.15) is 0 Å². The van der Waals surface area contributed by atoms with Crippen LogP contribution in [0.3, 0.4) is 0 Å². The van der Waals surface area contributed by atoms with Crippen molar-refractivity contribution in [3.8, 4) is 0 Å². The van der Waals surface area contributed by atoms with Crippen LogP contribution in [0.4, 0.5) is 5.69 Å². The van der Waals surface area contributed by atoms with Crippen LogP contribution in [0, 0.1) is 20.8 Å². The second kappa shape index (κ2) is 4.47. The van der Waals surface area contributed by atoms with Gasteiger partial charge in [-0.3, -0.25) is 14.5 Å². The van der Waals surface area contributed by atoms with Gasteiger partial charge in [0, 0.05) is 13.8 Å². The lowest BCUT2D eigenvalue weighted by atomic mass is 10.0. The van der Waals surface area contributed by atoms with Crippen molar-refractivity contribution >= 4 is 17.5 Å². The van der Waals surface area contributed by atoms with E-state index in [0.717, 1.165) is 16.7 Å². The third kappa shape index (κ3) is 2.13. The number of amides is 2. The van der Waals surface area contributed by atoms with E-state index in [1.54, 1.807) is 0 Å². The molecule has 3 nitrogen and oxygen atoms in total. The van der Waals surface area contributed by atoms with Crippen LogP contribution in [0.2, 0.25) is 0 Å². The lowest BCUT2D eigenvalue weighted by Crippen LogP contribution is -2.33. The zero-order valence-corrected chi connectivity index (χ0v) is 10.4. The van der Waals surface area contributed by atoms with E-state index >= 15 is 0 Å². The molecule has 0 spiro atoms. The van der Waals surface area contributed by atoms with Crippen molar-refractivity contribution in [3.05, 3.63) is 28.8 Å². The number of rotatable bonds is 1. The van der Waals surface area contributed by atoms with Crippen LogP contribution in [0.15, 0.2) is 12.1 Å². The number of hydrogen-bond acceptors (Lipinski definition) is 2. The van der Waals surface area contributed by atoms with Gasteiger partial charge in [0.15, 0.2) is 0 Å². The number of nitrogens with zero attached hydrogens (tertiary/aromatic N) is 1. The van der Waals surface area contributed by atoms with Crippen molar-refractivity contribution in [2.45, 2.75) is 34.6 Å². The second-order valence-corrected chi connectivity index (χ2v) is 4.03. The molecule has 0 aliphatic rings. The molecule has 0 radical (unpaired) electrons. The fourth-order valence-electron chi connectivity index (χ4n) is 1.75. The topological polar surface area (TPSA) is 37.4 Å². The summed E-state index contributed by atoms with van der Waals surface area (Å²) in [5.74, 6) is -0.502. The first kappa shape index (κ1) is 12.4. The van der Waals surface area contributed by atoms with Gasteiger partial charge in [-0.25, -0.2) is 0 Å². The van der Waals surface area contributed by atoms with Gasteiger partial charge in [0.05, 0.1) is 5.69 Å². The van der Waals surface area contributed by atoms with Gasteiger partial charge in [0.25, 0.3) is 0 Å². The van der Waals surface area contributed by atoms with Gasteiger partial charge in [0.2, 0.25) is 11.8 Å². The summed E-state index contributed by atoms with van der Waals surface area (Å²) in [5, 5.41) is 0. The SMILES string of the molecule is CC(=O)N(C(C)=O)c1ccc(C)c(C)c1C. The van der Waals surface area contributed by atoms with Crippen molar-refractivity contribution in [2.24, 2.45) is 0 Å². The Labute approximate surface area is 96.1 Å². The third-order valence-corrected chi connectivity index (χ3v) is 2.90. The second-order valence-electron chi connectivity index (χ2n) is 4.03. The fourth-order valence-corrected chi connectivity index (χ4v) is 1.75. The lowest BCUT2D eigenvalue weighted by Gasteiger charge is -2.21. The minimum atomic E-state index is -0.251. The predicted molar refractivity (Wildman–Crippen MR) is 64.5 cm³/mol. The molecule has 0 aliphatic heterocycles. The molecule has 0 N–H and O–H groups in total. The first-order chi connectivity index (χ1) is 7.36. The summed E-state index contributed by atoms with van der Waals surface area (Å²) in [6.45, 7) is 8.73. The molecule has 0 saturated carbocycles. The zero-order valence-electron chi connectivity index (χ0n) is 10.4. The van der Waals surface area contributed by atoms with Crippen LogP contribution in [-0.4, -0.2) is 11.8 Å². The molecule has 1 aromatic carbocycles. The Hall–Kier alpha value is -1.64. The lowest BCUT2D eigenvalue weighted by molar-refractivity contribution is -0.124. The molecule has 1 aromatic rings. The summed E-state index contributed by atoms with van der Waals surface area (Å²) in [7, 11) is 0. The minimum Gasteiger partial charge on any atom is -0.274 e. The van der Waals surface area contributed by atoms with E-state index in [1.165, 1.54) is 18.7 Å². The van der Waals surface area contributed by atoms with E-state index < -0.39 is 0 Å². The largest absolute Gasteiger partial charge is 0.274 e. The van der Waals surface area contributed by atoms with Crippen molar-refractivity contribution in [3.63, 3.8) is 0 Å². The average molecular weight is 219 g/mol. The van der Waals surface area contributed by atoms with Gasteiger partial charge in [-0.05, 0) is 43.5 Å². The third-order valence-electron chi connectivity index (χ3n) is 2.90. The van der Waals surface area contributed by atoms with Crippen molar-refractivity contribution in [2.75, 3.05) is 4.90 Å². The molecule has 0 heterocycles. The number of hydrogen-bond donors (Lipinski definition) is 0. The maximum Gasteiger partial charge on any atom is 0.230 e. The highest BCUT2D eigenvalue weighted by molar-refractivity contribution is 6.13. The van der Waals surface area contributed by atoms with Crippen LogP contribution in [-0.2, 0) is 9.59 Å².